The second kappa shape index (κ2) is 6.42. The molecule has 1 atom stereocenters. The van der Waals surface area contributed by atoms with Crippen LogP contribution in [0.15, 0.2) is 55.4 Å². The van der Waals surface area contributed by atoms with E-state index in [2.05, 4.69) is 9.97 Å². The molecule has 3 rings (SSSR count). The molecule has 1 N–H and O–H groups in total. The molecule has 0 radical (unpaired) electrons. The van der Waals surface area contributed by atoms with Gasteiger partial charge in [-0.3, -0.25) is 9.36 Å². The summed E-state index contributed by atoms with van der Waals surface area (Å²) < 4.78 is 43.0. The first-order valence-electron chi connectivity index (χ1n) is 7.29. The Morgan fingerprint density at radius 1 is 1.24 bits per heavy atom. The topological polar surface area (TPSA) is 64.7 Å². The smallest absolute Gasteiger partial charge is 0.357 e. The Morgan fingerprint density at radius 2 is 2.04 bits per heavy atom. The van der Waals surface area contributed by atoms with Crippen LogP contribution in [0.4, 0.5) is 13.2 Å². The molecule has 0 aliphatic carbocycles. The highest BCUT2D eigenvalue weighted by atomic mass is 19.4. The minimum Gasteiger partial charge on any atom is -0.357 e. The van der Waals surface area contributed by atoms with Gasteiger partial charge in [0.2, 0.25) is 0 Å². The standard InChI is InChI=1S/C16H14F3N5O/c1-23-7-5-11(9-23)14(16(17,18)19)22-15(25)12-3-2-4-13(21-12)24-8-6-20-10-24/h2-10,14H,1H3,(H,22,25). The number of hydrogen-bond acceptors (Lipinski definition) is 3. The third-order valence-corrected chi connectivity index (χ3v) is 3.53. The van der Waals surface area contributed by atoms with Gasteiger partial charge >= 0.3 is 6.18 Å². The number of rotatable bonds is 4. The van der Waals surface area contributed by atoms with Crippen LogP contribution in [-0.2, 0) is 7.05 Å². The Morgan fingerprint density at radius 3 is 2.64 bits per heavy atom. The summed E-state index contributed by atoms with van der Waals surface area (Å²) in [7, 11) is 1.61. The molecular formula is C16H14F3N5O. The third-order valence-electron chi connectivity index (χ3n) is 3.53. The molecule has 25 heavy (non-hydrogen) atoms. The zero-order valence-electron chi connectivity index (χ0n) is 13.1. The Labute approximate surface area is 140 Å². The summed E-state index contributed by atoms with van der Waals surface area (Å²) in [5.41, 5.74) is -0.162. The third kappa shape index (κ3) is 3.70. The largest absolute Gasteiger partial charge is 0.412 e. The molecule has 0 spiro atoms. The van der Waals surface area contributed by atoms with Crippen molar-refractivity contribution in [2.24, 2.45) is 7.05 Å². The molecule has 9 heteroatoms. The van der Waals surface area contributed by atoms with E-state index in [0.717, 1.165) is 0 Å². The monoisotopic (exact) mass is 349 g/mol. The Balaban J connectivity index is 1.86. The fourth-order valence-corrected chi connectivity index (χ4v) is 2.34. The van der Waals surface area contributed by atoms with Crippen LogP contribution in [0.3, 0.4) is 0 Å². The molecule has 0 fully saturated rings. The number of hydrogen-bond donors (Lipinski definition) is 1. The van der Waals surface area contributed by atoms with E-state index in [1.54, 1.807) is 29.9 Å². The number of carbonyl (C=O) groups excluding carboxylic acids is 1. The quantitative estimate of drug-likeness (QED) is 0.788. The zero-order valence-corrected chi connectivity index (χ0v) is 13.1. The van der Waals surface area contributed by atoms with Gasteiger partial charge in [-0.15, -0.1) is 0 Å². The Bertz CT molecular complexity index is 870. The molecule has 0 aliphatic rings. The first kappa shape index (κ1) is 16.7. The predicted molar refractivity (Wildman–Crippen MR) is 83.0 cm³/mol. The van der Waals surface area contributed by atoms with Crippen molar-refractivity contribution in [1.82, 2.24) is 24.4 Å². The van der Waals surface area contributed by atoms with Crippen LogP contribution in [0.5, 0.6) is 0 Å². The number of alkyl halides is 3. The highest BCUT2D eigenvalue weighted by Gasteiger charge is 2.42. The van der Waals surface area contributed by atoms with Gasteiger partial charge < -0.3 is 9.88 Å². The molecule has 3 heterocycles. The fourth-order valence-electron chi connectivity index (χ4n) is 2.34. The van der Waals surface area contributed by atoms with Crippen molar-refractivity contribution >= 4 is 5.91 Å². The normalized spacial score (nSPS) is 12.8. The van der Waals surface area contributed by atoms with Crippen molar-refractivity contribution in [3.05, 3.63) is 66.6 Å². The van der Waals surface area contributed by atoms with E-state index < -0.39 is 18.1 Å². The summed E-state index contributed by atoms with van der Waals surface area (Å²) in [6.45, 7) is 0. The average Bonchev–Trinajstić information content (AvgIpc) is 3.23. The molecule has 0 bridgehead atoms. The average molecular weight is 349 g/mol. The second-order valence-electron chi connectivity index (χ2n) is 5.41. The van der Waals surface area contributed by atoms with Gasteiger partial charge in [0.15, 0.2) is 6.04 Å². The SMILES string of the molecule is Cn1ccc(C(NC(=O)c2cccc(-n3ccnc3)n2)C(F)(F)F)c1. The van der Waals surface area contributed by atoms with Gasteiger partial charge in [0, 0.05) is 37.4 Å². The van der Waals surface area contributed by atoms with E-state index >= 15 is 0 Å². The number of imidazole rings is 1. The molecular weight excluding hydrogens is 335 g/mol. The van der Waals surface area contributed by atoms with Gasteiger partial charge in [-0.2, -0.15) is 13.2 Å². The second-order valence-corrected chi connectivity index (χ2v) is 5.41. The van der Waals surface area contributed by atoms with Gasteiger partial charge in [-0.25, -0.2) is 9.97 Å². The number of carbonyl (C=O) groups is 1. The lowest BCUT2D eigenvalue weighted by Crippen LogP contribution is -2.38. The maximum absolute atomic E-state index is 13.3. The lowest BCUT2D eigenvalue weighted by Gasteiger charge is -2.20. The van der Waals surface area contributed by atoms with E-state index in [4.69, 9.17) is 0 Å². The van der Waals surface area contributed by atoms with Crippen LogP contribution in [0.2, 0.25) is 0 Å². The van der Waals surface area contributed by atoms with E-state index in [0.29, 0.717) is 5.82 Å². The van der Waals surface area contributed by atoms with Crippen molar-refractivity contribution in [3.8, 4) is 5.82 Å². The number of aryl methyl sites for hydroxylation is 1. The van der Waals surface area contributed by atoms with E-state index in [-0.39, 0.29) is 11.3 Å². The summed E-state index contributed by atoms with van der Waals surface area (Å²) in [5, 5.41) is 2.01. The minimum absolute atomic E-state index is 0.0471. The highest BCUT2D eigenvalue weighted by Crippen LogP contribution is 2.33. The van der Waals surface area contributed by atoms with Crippen LogP contribution < -0.4 is 5.32 Å². The summed E-state index contributed by atoms with van der Waals surface area (Å²) in [5.74, 6) is -0.526. The molecule has 6 nitrogen and oxygen atoms in total. The molecule has 0 saturated heterocycles. The van der Waals surface area contributed by atoms with Gasteiger partial charge in [-0.05, 0) is 18.2 Å². The van der Waals surface area contributed by atoms with E-state index in [1.165, 1.54) is 41.6 Å². The molecule has 3 aromatic heterocycles. The van der Waals surface area contributed by atoms with Crippen molar-refractivity contribution in [2.75, 3.05) is 0 Å². The number of nitrogens with one attached hydrogen (secondary N) is 1. The summed E-state index contributed by atoms with van der Waals surface area (Å²) in [4.78, 5) is 20.3. The molecule has 130 valence electrons. The van der Waals surface area contributed by atoms with E-state index in [9.17, 15) is 18.0 Å². The van der Waals surface area contributed by atoms with Crippen molar-refractivity contribution in [2.45, 2.75) is 12.2 Å². The Hall–Kier alpha value is -3.10. The molecule has 1 amide bonds. The van der Waals surface area contributed by atoms with Crippen LogP contribution >= 0.6 is 0 Å². The molecule has 0 saturated carbocycles. The minimum atomic E-state index is -4.63. The van der Waals surface area contributed by atoms with Crippen LogP contribution in [-0.4, -0.2) is 31.2 Å². The van der Waals surface area contributed by atoms with Crippen LogP contribution in [0, 0.1) is 0 Å². The fraction of sp³-hybridized carbons (Fsp3) is 0.188. The number of halogens is 3. The molecule has 1 unspecified atom stereocenters. The maximum Gasteiger partial charge on any atom is 0.412 e. The molecule has 0 aromatic carbocycles. The Kier molecular flexibility index (Phi) is 4.30. The number of aromatic nitrogens is 4. The summed E-state index contributed by atoms with van der Waals surface area (Å²) >= 11 is 0. The van der Waals surface area contributed by atoms with Gasteiger partial charge in [0.25, 0.3) is 5.91 Å². The number of pyridine rings is 1. The zero-order chi connectivity index (χ0) is 18.0. The number of amides is 1. The lowest BCUT2D eigenvalue weighted by atomic mass is 10.1. The first-order chi connectivity index (χ1) is 11.8. The van der Waals surface area contributed by atoms with Crippen LogP contribution in [0.1, 0.15) is 22.1 Å². The van der Waals surface area contributed by atoms with Gasteiger partial charge in [0.05, 0.1) is 0 Å². The van der Waals surface area contributed by atoms with Crippen LogP contribution in [0.25, 0.3) is 5.82 Å². The number of nitrogens with zero attached hydrogens (tertiary/aromatic N) is 4. The molecule has 0 aliphatic heterocycles. The van der Waals surface area contributed by atoms with Crippen molar-refractivity contribution < 1.29 is 18.0 Å². The first-order valence-corrected chi connectivity index (χ1v) is 7.29. The molecule has 3 aromatic rings. The summed E-state index contributed by atoms with van der Waals surface area (Å²) in [6, 6.07) is 3.72. The van der Waals surface area contributed by atoms with E-state index in [1.807, 2.05) is 5.32 Å². The van der Waals surface area contributed by atoms with Gasteiger partial charge in [0.1, 0.15) is 17.8 Å². The predicted octanol–water partition coefficient (Wildman–Crippen LogP) is 2.64. The maximum atomic E-state index is 13.3. The lowest BCUT2D eigenvalue weighted by molar-refractivity contribution is -0.155. The highest BCUT2D eigenvalue weighted by molar-refractivity contribution is 5.92. The van der Waals surface area contributed by atoms with Gasteiger partial charge in [-0.1, -0.05) is 6.07 Å². The van der Waals surface area contributed by atoms with Crippen molar-refractivity contribution in [1.29, 1.82) is 0 Å². The van der Waals surface area contributed by atoms with Crippen molar-refractivity contribution in [3.63, 3.8) is 0 Å². The summed E-state index contributed by atoms with van der Waals surface area (Å²) in [6.07, 6.45) is 2.80.